The van der Waals surface area contributed by atoms with E-state index in [9.17, 15) is 4.79 Å². The van der Waals surface area contributed by atoms with Gasteiger partial charge in [0.25, 0.3) is 8.32 Å². The number of carbonyl (C=O) groups is 1. The van der Waals surface area contributed by atoms with Gasteiger partial charge in [-0.2, -0.15) is 0 Å². The number of nitrogens with zero attached hydrogens (tertiary/aromatic N) is 1. The quantitative estimate of drug-likeness (QED) is 0.201. The minimum Gasteiger partial charge on any atom is -0.449 e. The average molecular weight is 580 g/mol. The molecule has 0 saturated carbocycles. The van der Waals surface area contributed by atoms with E-state index >= 15 is 0 Å². The van der Waals surface area contributed by atoms with Crippen molar-refractivity contribution in [3.63, 3.8) is 0 Å². The smallest absolute Gasteiger partial charge is 0.412 e. The van der Waals surface area contributed by atoms with Gasteiger partial charge < -0.3 is 13.9 Å². The summed E-state index contributed by atoms with van der Waals surface area (Å²) in [6, 6.07) is 21.3. The lowest BCUT2D eigenvalue weighted by Crippen LogP contribution is -2.67. The van der Waals surface area contributed by atoms with Gasteiger partial charge in [-0.25, -0.2) is 4.79 Å². The zero-order valence-electron chi connectivity index (χ0n) is 26.3. The van der Waals surface area contributed by atoms with E-state index in [4.69, 9.17) is 13.9 Å². The summed E-state index contributed by atoms with van der Waals surface area (Å²) in [5.74, 6) is 3.55. The monoisotopic (exact) mass is 579 g/mol. The molecule has 0 unspecified atom stereocenters. The third-order valence-electron chi connectivity index (χ3n) is 7.29. The molecule has 1 saturated heterocycles. The minimum atomic E-state index is -2.77. The molecule has 40 heavy (non-hydrogen) atoms. The Bertz CT molecular complexity index is 1130. The van der Waals surface area contributed by atoms with E-state index in [1.54, 1.807) is 4.90 Å². The van der Waals surface area contributed by atoms with Gasteiger partial charge in [0.15, 0.2) is 0 Å². The van der Waals surface area contributed by atoms with Crippen molar-refractivity contribution in [3.05, 3.63) is 60.7 Å². The molecule has 0 radical (unpaired) electrons. The molecule has 0 N–H and O–H groups in total. The van der Waals surface area contributed by atoms with E-state index in [0.717, 1.165) is 0 Å². The molecule has 1 atom stereocenters. The molecule has 0 aromatic heterocycles. The molecule has 7 heteroatoms. The first kappa shape index (κ1) is 32.1. The molecule has 1 fully saturated rings. The maximum Gasteiger partial charge on any atom is 0.412 e. The first-order chi connectivity index (χ1) is 18.5. The Balaban J connectivity index is 1.89. The van der Waals surface area contributed by atoms with E-state index in [2.05, 4.69) is 113 Å². The van der Waals surface area contributed by atoms with Crippen LogP contribution >= 0.6 is 0 Å². The van der Waals surface area contributed by atoms with E-state index < -0.39 is 27.7 Å². The Morgan fingerprint density at radius 2 is 1.50 bits per heavy atom. The van der Waals surface area contributed by atoms with Crippen LogP contribution in [0, 0.1) is 11.5 Å². The molecule has 2 aromatic carbocycles. The van der Waals surface area contributed by atoms with E-state index in [1.165, 1.54) is 10.4 Å². The number of hydrogen-bond acceptors (Lipinski definition) is 4. The molecule has 1 aliphatic heterocycles. The van der Waals surface area contributed by atoms with Gasteiger partial charge in [-0.05, 0) is 55.9 Å². The van der Waals surface area contributed by atoms with Crippen molar-refractivity contribution in [2.24, 2.45) is 0 Å². The van der Waals surface area contributed by atoms with Crippen LogP contribution in [0.15, 0.2) is 60.7 Å². The first-order valence-corrected chi connectivity index (χ1v) is 19.8. The van der Waals surface area contributed by atoms with Crippen molar-refractivity contribution in [1.82, 2.24) is 4.90 Å². The third kappa shape index (κ3) is 7.47. The summed E-state index contributed by atoms with van der Waals surface area (Å²) >= 11 is 0. The predicted molar refractivity (Wildman–Crippen MR) is 170 cm³/mol. The molecule has 3 rings (SSSR count). The highest BCUT2D eigenvalue weighted by molar-refractivity contribution is 6.99. The number of ether oxygens (including phenoxy) is 2. The lowest BCUT2D eigenvalue weighted by molar-refractivity contribution is -0.0520. The highest BCUT2D eigenvalue weighted by Gasteiger charge is 2.52. The van der Waals surface area contributed by atoms with Crippen molar-refractivity contribution in [2.75, 3.05) is 13.2 Å². The normalized spacial score (nSPS) is 17.6. The van der Waals surface area contributed by atoms with Crippen molar-refractivity contribution in [2.45, 2.75) is 103 Å². The van der Waals surface area contributed by atoms with Crippen LogP contribution in [0.2, 0.25) is 24.7 Å². The van der Waals surface area contributed by atoms with Crippen LogP contribution in [0.5, 0.6) is 0 Å². The minimum absolute atomic E-state index is 0.145. The van der Waals surface area contributed by atoms with Crippen molar-refractivity contribution >= 4 is 32.9 Å². The maximum atomic E-state index is 13.1. The van der Waals surface area contributed by atoms with Crippen LogP contribution < -0.4 is 10.4 Å². The lowest BCUT2D eigenvalue weighted by Gasteiger charge is -2.44. The molecule has 2 aromatic rings. The highest BCUT2D eigenvalue weighted by atomic mass is 28.4. The molecule has 1 heterocycles. The summed E-state index contributed by atoms with van der Waals surface area (Å²) in [4.78, 5) is 14.8. The summed E-state index contributed by atoms with van der Waals surface area (Å²) in [6.07, 6.45) is 0.716. The number of rotatable bonds is 8. The Hall–Kier alpha value is -2.38. The lowest BCUT2D eigenvalue weighted by atomic mass is 10.0. The summed E-state index contributed by atoms with van der Waals surface area (Å²) < 4.78 is 19.0. The SMILES string of the molecule is CC1(C)COC(C)(C)N1C(=O)OCCC[C@@H](C#C[Si](C)(C)C)O[Si](c1ccccc1)(c1ccccc1)C(C)(C)C. The van der Waals surface area contributed by atoms with Crippen LogP contribution in [0.25, 0.3) is 0 Å². The first-order valence-electron chi connectivity index (χ1n) is 14.4. The van der Waals surface area contributed by atoms with Crippen LogP contribution in [0.1, 0.15) is 61.3 Å². The van der Waals surface area contributed by atoms with Crippen LogP contribution in [-0.4, -0.2) is 58.0 Å². The molecular formula is C33H49NO4Si2. The summed E-state index contributed by atoms with van der Waals surface area (Å²) in [5.41, 5.74) is 2.45. The number of carbonyl (C=O) groups excluding carboxylic acids is 1. The van der Waals surface area contributed by atoms with Crippen molar-refractivity contribution in [1.29, 1.82) is 0 Å². The highest BCUT2D eigenvalue weighted by Crippen LogP contribution is 2.38. The van der Waals surface area contributed by atoms with E-state index in [1.807, 2.05) is 27.7 Å². The Morgan fingerprint density at radius 1 is 0.975 bits per heavy atom. The molecule has 0 aliphatic carbocycles. The molecule has 0 spiro atoms. The van der Waals surface area contributed by atoms with Crippen LogP contribution in [0.4, 0.5) is 4.79 Å². The third-order valence-corrected chi connectivity index (χ3v) is 13.2. The van der Waals surface area contributed by atoms with Crippen LogP contribution in [-0.2, 0) is 13.9 Å². The summed E-state index contributed by atoms with van der Waals surface area (Å²) in [7, 11) is -4.42. The van der Waals surface area contributed by atoms with Gasteiger partial charge in [-0.15, -0.1) is 5.54 Å². The largest absolute Gasteiger partial charge is 0.449 e. The van der Waals surface area contributed by atoms with E-state index in [-0.39, 0.29) is 17.2 Å². The topological polar surface area (TPSA) is 48.0 Å². The Kier molecular flexibility index (Phi) is 9.83. The Morgan fingerprint density at radius 3 is 1.93 bits per heavy atom. The average Bonchev–Trinajstić information content (AvgIpc) is 3.09. The second-order valence-corrected chi connectivity index (χ2v) is 22.9. The molecular weight excluding hydrogens is 531 g/mol. The zero-order valence-corrected chi connectivity index (χ0v) is 28.3. The van der Waals surface area contributed by atoms with Crippen molar-refractivity contribution in [3.8, 4) is 11.5 Å². The van der Waals surface area contributed by atoms with E-state index in [0.29, 0.717) is 26.1 Å². The predicted octanol–water partition coefficient (Wildman–Crippen LogP) is 6.58. The molecule has 1 amide bonds. The van der Waals surface area contributed by atoms with Gasteiger partial charge in [0, 0.05) is 0 Å². The Labute approximate surface area is 244 Å². The summed E-state index contributed by atoms with van der Waals surface area (Å²) in [6.45, 7) is 22.2. The van der Waals surface area contributed by atoms with Gasteiger partial charge in [-0.3, -0.25) is 4.90 Å². The van der Waals surface area contributed by atoms with Gasteiger partial charge in [0.05, 0.1) is 18.8 Å². The molecule has 5 nitrogen and oxygen atoms in total. The van der Waals surface area contributed by atoms with Crippen LogP contribution in [0.3, 0.4) is 0 Å². The fourth-order valence-electron chi connectivity index (χ4n) is 5.53. The van der Waals surface area contributed by atoms with Crippen molar-refractivity contribution < 1.29 is 18.7 Å². The van der Waals surface area contributed by atoms with Gasteiger partial charge >= 0.3 is 6.09 Å². The second-order valence-electron chi connectivity index (χ2n) is 13.9. The number of hydrogen-bond donors (Lipinski definition) is 0. The van der Waals surface area contributed by atoms with Gasteiger partial charge in [0.2, 0.25) is 0 Å². The number of amides is 1. The molecule has 0 bridgehead atoms. The summed E-state index contributed by atoms with van der Waals surface area (Å²) in [5, 5.41) is 2.32. The second kappa shape index (κ2) is 12.2. The fourth-order valence-corrected chi connectivity index (χ4v) is 10.7. The maximum absolute atomic E-state index is 13.1. The molecule has 1 aliphatic rings. The fraction of sp³-hybridized carbons (Fsp3) is 0.545. The van der Waals surface area contributed by atoms with Gasteiger partial charge in [0.1, 0.15) is 19.9 Å². The standard InChI is InChI=1S/C33H49NO4Si2/c1-31(2,3)40(28-19-13-11-14-20-28,29-21-15-12-16-22-29)38-27(23-25-39(8,9)10)18-17-24-36-30(35)34-32(4,5)26-37-33(34,6)7/h11-16,19-22,27H,17-18,24,26H2,1-10H3/t27-/m0/s1. The molecule has 218 valence electrons. The number of benzene rings is 2. The zero-order chi connectivity index (χ0) is 29.8. The van der Waals surface area contributed by atoms with Gasteiger partial charge in [-0.1, -0.05) is 107 Å².